The lowest BCUT2D eigenvalue weighted by Crippen LogP contribution is -2.63. The maximum Gasteiger partial charge on any atom is 0.255 e. The predicted octanol–water partition coefficient (Wildman–Crippen LogP) is 1.34. The molecular weight excluding hydrogens is 330 g/mol. The maximum absolute atomic E-state index is 13.2. The molecule has 1 spiro atoms. The summed E-state index contributed by atoms with van der Waals surface area (Å²) < 4.78 is 5.78. The van der Waals surface area contributed by atoms with Crippen molar-refractivity contribution in [3.63, 3.8) is 0 Å². The van der Waals surface area contributed by atoms with Crippen LogP contribution >= 0.6 is 0 Å². The zero-order chi connectivity index (χ0) is 18.0. The lowest BCUT2D eigenvalue weighted by molar-refractivity contribution is -0.146. The number of rotatable bonds is 0. The first-order valence-electron chi connectivity index (χ1n) is 9.36. The van der Waals surface area contributed by atoms with Gasteiger partial charge in [-0.3, -0.25) is 9.59 Å². The third-order valence-electron chi connectivity index (χ3n) is 5.66. The maximum atomic E-state index is 13.2. The molecule has 3 aliphatic heterocycles. The Hall–Kier alpha value is -2.34. The van der Waals surface area contributed by atoms with E-state index >= 15 is 0 Å². The fourth-order valence-corrected chi connectivity index (χ4v) is 4.03. The molecule has 0 aromatic heterocycles. The molecule has 0 aliphatic carbocycles. The Balaban J connectivity index is 1.61. The summed E-state index contributed by atoms with van der Waals surface area (Å²) in [6.07, 6.45) is 6.63. The van der Waals surface area contributed by atoms with Crippen LogP contribution in [0.4, 0.5) is 0 Å². The van der Waals surface area contributed by atoms with E-state index in [-0.39, 0.29) is 23.3 Å². The average Bonchev–Trinajstić information content (AvgIpc) is 3.09. The summed E-state index contributed by atoms with van der Waals surface area (Å²) in [5.41, 5.74) is 0.194. The van der Waals surface area contributed by atoms with Gasteiger partial charge in [-0.15, -0.1) is 0 Å². The van der Waals surface area contributed by atoms with Gasteiger partial charge in [0.2, 0.25) is 5.91 Å². The molecule has 0 radical (unpaired) electrons. The molecule has 0 bridgehead atoms. The van der Waals surface area contributed by atoms with Crippen molar-refractivity contribution < 1.29 is 14.3 Å². The van der Waals surface area contributed by atoms with Gasteiger partial charge in [-0.05, 0) is 31.4 Å². The Bertz CT molecular complexity index is 727. The minimum Gasteiger partial charge on any atom is -0.489 e. The normalized spacial score (nSPS) is 26.8. The van der Waals surface area contributed by atoms with Crippen molar-refractivity contribution in [1.29, 1.82) is 0 Å². The standard InChI is InChI=1S/C20H25N3O3/c24-18-16-7-1-2-8-17(16)26-11-4-3-9-20(13-21-14-20)19(25)23-10-5-6-15(23)12-22-18/h1-4,7-8,15,21H,5-6,9-14H2,(H,22,24)/b4-3+. The number of carbonyl (C=O) groups excluding carboxylic acids is 2. The second-order valence-corrected chi connectivity index (χ2v) is 7.37. The Labute approximate surface area is 153 Å². The van der Waals surface area contributed by atoms with E-state index in [1.807, 2.05) is 35.3 Å². The number of hydrogen-bond donors (Lipinski definition) is 2. The number of allylic oxidation sites excluding steroid dienone is 1. The number of para-hydroxylation sites is 1. The molecule has 6 nitrogen and oxygen atoms in total. The Morgan fingerprint density at radius 3 is 2.81 bits per heavy atom. The largest absolute Gasteiger partial charge is 0.489 e. The first-order chi connectivity index (χ1) is 12.7. The molecule has 2 amide bonds. The highest BCUT2D eigenvalue weighted by atomic mass is 16.5. The predicted molar refractivity (Wildman–Crippen MR) is 98.1 cm³/mol. The van der Waals surface area contributed by atoms with Crippen LogP contribution in [0.5, 0.6) is 5.75 Å². The molecule has 3 heterocycles. The van der Waals surface area contributed by atoms with E-state index in [2.05, 4.69) is 10.6 Å². The summed E-state index contributed by atoms with van der Waals surface area (Å²) in [5, 5.41) is 6.26. The minimum absolute atomic E-state index is 0.0731. The molecule has 2 saturated heterocycles. The third-order valence-corrected chi connectivity index (χ3v) is 5.66. The summed E-state index contributed by atoms with van der Waals surface area (Å²) in [6.45, 7) is 3.09. The number of nitrogens with zero attached hydrogens (tertiary/aromatic N) is 1. The molecule has 1 aromatic carbocycles. The number of amides is 2. The fraction of sp³-hybridized carbons (Fsp3) is 0.500. The van der Waals surface area contributed by atoms with Crippen LogP contribution in [0.15, 0.2) is 36.4 Å². The number of ether oxygens (including phenoxy) is 1. The molecule has 1 unspecified atom stereocenters. The van der Waals surface area contributed by atoms with Crippen LogP contribution in [-0.4, -0.2) is 55.5 Å². The van der Waals surface area contributed by atoms with Crippen molar-refractivity contribution in [3.8, 4) is 5.75 Å². The monoisotopic (exact) mass is 355 g/mol. The minimum atomic E-state index is -0.342. The molecule has 0 saturated carbocycles. The van der Waals surface area contributed by atoms with E-state index in [0.717, 1.165) is 38.9 Å². The van der Waals surface area contributed by atoms with Crippen LogP contribution in [-0.2, 0) is 4.79 Å². The van der Waals surface area contributed by atoms with Crippen LogP contribution in [0.1, 0.15) is 29.6 Å². The lowest BCUT2D eigenvalue weighted by atomic mass is 9.77. The second-order valence-electron chi connectivity index (χ2n) is 7.37. The van der Waals surface area contributed by atoms with Gasteiger partial charge < -0.3 is 20.3 Å². The summed E-state index contributed by atoms with van der Waals surface area (Å²) >= 11 is 0. The zero-order valence-electron chi connectivity index (χ0n) is 14.9. The highest BCUT2D eigenvalue weighted by molar-refractivity contribution is 5.97. The summed E-state index contributed by atoms with van der Waals surface area (Å²) in [6, 6.07) is 7.36. The fourth-order valence-electron chi connectivity index (χ4n) is 4.03. The Morgan fingerprint density at radius 2 is 2.00 bits per heavy atom. The summed E-state index contributed by atoms with van der Waals surface area (Å²) in [4.78, 5) is 27.8. The first kappa shape index (κ1) is 17.1. The smallest absolute Gasteiger partial charge is 0.255 e. The van der Waals surface area contributed by atoms with Crippen LogP contribution in [0, 0.1) is 5.41 Å². The van der Waals surface area contributed by atoms with Gasteiger partial charge in [-0.1, -0.05) is 24.3 Å². The molecule has 3 aliphatic rings. The van der Waals surface area contributed by atoms with Crippen molar-refractivity contribution in [1.82, 2.24) is 15.5 Å². The zero-order valence-corrected chi connectivity index (χ0v) is 14.9. The van der Waals surface area contributed by atoms with Crippen molar-refractivity contribution in [2.24, 2.45) is 5.41 Å². The molecule has 2 N–H and O–H groups in total. The van der Waals surface area contributed by atoms with Gasteiger partial charge in [0.1, 0.15) is 12.4 Å². The van der Waals surface area contributed by atoms with Gasteiger partial charge in [0.05, 0.1) is 11.0 Å². The highest BCUT2D eigenvalue weighted by Gasteiger charge is 2.47. The van der Waals surface area contributed by atoms with E-state index < -0.39 is 0 Å². The van der Waals surface area contributed by atoms with Gasteiger partial charge in [-0.25, -0.2) is 0 Å². The van der Waals surface area contributed by atoms with Crippen molar-refractivity contribution in [2.45, 2.75) is 25.3 Å². The van der Waals surface area contributed by atoms with E-state index in [0.29, 0.717) is 24.5 Å². The molecule has 2 fully saturated rings. The van der Waals surface area contributed by atoms with Crippen molar-refractivity contribution in [3.05, 3.63) is 42.0 Å². The molecule has 138 valence electrons. The lowest BCUT2D eigenvalue weighted by Gasteiger charge is -2.44. The third kappa shape index (κ3) is 3.09. The van der Waals surface area contributed by atoms with Gasteiger partial charge in [0, 0.05) is 32.2 Å². The van der Waals surface area contributed by atoms with E-state index in [1.54, 1.807) is 6.07 Å². The Morgan fingerprint density at radius 1 is 1.15 bits per heavy atom. The van der Waals surface area contributed by atoms with Crippen LogP contribution in [0.2, 0.25) is 0 Å². The van der Waals surface area contributed by atoms with E-state index in [1.165, 1.54) is 0 Å². The average molecular weight is 355 g/mol. The number of fused-ring (bicyclic) bond motifs is 2. The van der Waals surface area contributed by atoms with Gasteiger partial charge in [0.15, 0.2) is 0 Å². The summed E-state index contributed by atoms with van der Waals surface area (Å²) in [5.74, 6) is 0.656. The van der Waals surface area contributed by atoms with Crippen molar-refractivity contribution in [2.75, 3.05) is 32.8 Å². The Kier molecular flexibility index (Phi) is 4.68. The SMILES string of the molecule is O=C1NCC2CCCN2C(=O)C2(C/C=C/COc3ccccc31)CNC2. The summed E-state index contributed by atoms with van der Waals surface area (Å²) in [7, 11) is 0. The van der Waals surface area contributed by atoms with Crippen LogP contribution < -0.4 is 15.4 Å². The molecule has 26 heavy (non-hydrogen) atoms. The van der Waals surface area contributed by atoms with Crippen LogP contribution in [0.3, 0.4) is 0 Å². The number of benzene rings is 1. The van der Waals surface area contributed by atoms with E-state index in [4.69, 9.17) is 4.74 Å². The van der Waals surface area contributed by atoms with Crippen LogP contribution in [0.25, 0.3) is 0 Å². The molecule has 6 heteroatoms. The molecule has 1 aromatic rings. The number of hydrogen-bond acceptors (Lipinski definition) is 4. The molecular formula is C20H25N3O3. The number of nitrogens with one attached hydrogen (secondary N) is 2. The van der Waals surface area contributed by atoms with Crippen molar-refractivity contribution >= 4 is 11.8 Å². The molecule has 4 rings (SSSR count). The first-order valence-corrected chi connectivity index (χ1v) is 9.36. The van der Waals surface area contributed by atoms with Gasteiger partial charge in [0.25, 0.3) is 5.91 Å². The van der Waals surface area contributed by atoms with Gasteiger partial charge >= 0.3 is 0 Å². The van der Waals surface area contributed by atoms with E-state index in [9.17, 15) is 9.59 Å². The van der Waals surface area contributed by atoms with Gasteiger partial charge in [-0.2, -0.15) is 0 Å². The topological polar surface area (TPSA) is 70.7 Å². The quantitative estimate of drug-likeness (QED) is 0.689. The number of carbonyl (C=O) groups is 2. The molecule has 1 atom stereocenters. The second kappa shape index (κ2) is 7.11. The highest BCUT2D eigenvalue weighted by Crippen LogP contribution is 2.33.